The molecule has 6 heteroatoms. The van der Waals surface area contributed by atoms with E-state index in [-0.39, 0.29) is 17.3 Å². The van der Waals surface area contributed by atoms with Crippen LogP contribution < -0.4 is 5.56 Å². The summed E-state index contributed by atoms with van der Waals surface area (Å²) in [7, 11) is 1.50. The standard InChI is InChI=1S/C14H15ClN2O3/c1-14(2,20-3)13-16-11(18)10(12(19)17-13)8-5-4-6-9(15)7-8/h4-7H,1-3H3,(H2,16,17,18,19). The van der Waals surface area contributed by atoms with E-state index in [9.17, 15) is 9.90 Å². The molecule has 5 nitrogen and oxygen atoms in total. The van der Waals surface area contributed by atoms with Crippen molar-refractivity contribution in [3.63, 3.8) is 0 Å². The van der Waals surface area contributed by atoms with Gasteiger partial charge in [0.1, 0.15) is 17.0 Å². The Morgan fingerprint density at radius 2 is 2.10 bits per heavy atom. The second kappa shape index (κ2) is 5.26. The third-order valence-corrected chi connectivity index (χ3v) is 3.33. The fraction of sp³-hybridized carbons (Fsp3) is 0.286. The van der Waals surface area contributed by atoms with Crippen LogP contribution in [-0.4, -0.2) is 22.2 Å². The van der Waals surface area contributed by atoms with Crippen LogP contribution in [0.1, 0.15) is 19.7 Å². The first-order chi connectivity index (χ1) is 9.35. The van der Waals surface area contributed by atoms with E-state index in [4.69, 9.17) is 16.3 Å². The van der Waals surface area contributed by atoms with E-state index in [2.05, 4.69) is 9.97 Å². The molecule has 2 rings (SSSR count). The van der Waals surface area contributed by atoms with E-state index in [1.54, 1.807) is 38.1 Å². The maximum absolute atomic E-state index is 12.2. The Hall–Kier alpha value is -1.85. The van der Waals surface area contributed by atoms with Crippen molar-refractivity contribution in [1.29, 1.82) is 0 Å². The van der Waals surface area contributed by atoms with Gasteiger partial charge in [-0.15, -0.1) is 0 Å². The first kappa shape index (κ1) is 14.6. The van der Waals surface area contributed by atoms with Crippen molar-refractivity contribution in [2.45, 2.75) is 19.4 Å². The third kappa shape index (κ3) is 2.69. The fourth-order valence-electron chi connectivity index (χ4n) is 1.75. The minimum absolute atomic E-state index is 0.0863. The Labute approximate surface area is 121 Å². The van der Waals surface area contributed by atoms with Crippen LogP contribution in [0.3, 0.4) is 0 Å². The van der Waals surface area contributed by atoms with Crippen LogP contribution in [0.2, 0.25) is 5.02 Å². The minimum atomic E-state index is -0.802. The van der Waals surface area contributed by atoms with Gasteiger partial charge in [-0.1, -0.05) is 23.7 Å². The monoisotopic (exact) mass is 294 g/mol. The highest BCUT2D eigenvalue weighted by molar-refractivity contribution is 6.30. The topological polar surface area (TPSA) is 75.2 Å². The van der Waals surface area contributed by atoms with Gasteiger partial charge >= 0.3 is 0 Å². The van der Waals surface area contributed by atoms with Gasteiger partial charge in [0.25, 0.3) is 5.56 Å². The summed E-state index contributed by atoms with van der Waals surface area (Å²) in [5, 5.41) is 10.5. The zero-order valence-corrected chi connectivity index (χ0v) is 12.2. The summed E-state index contributed by atoms with van der Waals surface area (Å²) in [5.74, 6) is -0.0931. The lowest BCUT2D eigenvalue weighted by atomic mass is 10.1. The number of aromatic amines is 1. The number of rotatable bonds is 3. The highest BCUT2D eigenvalue weighted by Gasteiger charge is 2.25. The van der Waals surface area contributed by atoms with Gasteiger partial charge < -0.3 is 14.8 Å². The molecule has 1 aromatic carbocycles. The molecule has 0 radical (unpaired) electrons. The fourth-order valence-corrected chi connectivity index (χ4v) is 1.94. The van der Waals surface area contributed by atoms with Crippen LogP contribution in [0.4, 0.5) is 0 Å². The molecular weight excluding hydrogens is 280 g/mol. The average molecular weight is 295 g/mol. The number of H-pyrrole nitrogens is 1. The molecule has 0 unspecified atom stereocenters. The minimum Gasteiger partial charge on any atom is -0.493 e. The number of aromatic nitrogens is 2. The summed E-state index contributed by atoms with van der Waals surface area (Å²) in [6.45, 7) is 3.48. The molecule has 0 saturated carbocycles. The van der Waals surface area contributed by atoms with Crippen molar-refractivity contribution in [2.24, 2.45) is 0 Å². The van der Waals surface area contributed by atoms with E-state index >= 15 is 0 Å². The number of halogens is 1. The number of hydrogen-bond acceptors (Lipinski definition) is 4. The number of hydrogen-bond donors (Lipinski definition) is 2. The van der Waals surface area contributed by atoms with E-state index in [1.807, 2.05) is 0 Å². The smallest absolute Gasteiger partial charge is 0.262 e. The lowest BCUT2D eigenvalue weighted by Crippen LogP contribution is -2.27. The van der Waals surface area contributed by atoms with Crippen LogP contribution in [0, 0.1) is 0 Å². The van der Waals surface area contributed by atoms with Gasteiger partial charge in [-0.05, 0) is 31.5 Å². The average Bonchev–Trinajstić information content (AvgIpc) is 2.38. The Morgan fingerprint density at radius 1 is 1.40 bits per heavy atom. The van der Waals surface area contributed by atoms with Crippen molar-refractivity contribution in [1.82, 2.24) is 9.97 Å². The molecule has 0 spiro atoms. The predicted molar refractivity (Wildman–Crippen MR) is 77.0 cm³/mol. The summed E-state index contributed by atoms with van der Waals surface area (Å²) >= 11 is 5.89. The van der Waals surface area contributed by atoms with Crippen molar-refractivity contribution in [3.8, 4) is 17.0 Å². The number of nitrogens with zero attached hydrogens (tertiary/aromatic N) is 1. The molecule has 1 aromatic heterocycles. The Bertz CT molecular complexity index is 695. The quantitative estimate of drug-likeness (QED) is 0.912. The number of benzene rings is 1. The summed E-state index contributed by atoms with van der Waals surface area (Å²) in [5.41, 5.74) is -0.655. The van der Waals surface area contributed by atoms with E-state index < -0.39 is 11.2 Å². The van der Waals surface area contributed by atoms with Crippen molar-refractivity contribution >= 4 is 11.6 Å². The van der Waals surface area contributed by atoms with E-state index in [0.717, 1.165) is 0 Å². The predicted octanol–water partition coefficient (Wildman–Crippen LogP) is 2.68. The normalized spacial score (nSPS) is 11.6. The van der Waals surface area contributed by atoms with E-state index in [1.165, 1.54) is 7.11 Å². The molecule has 1 heterocycles. The first-order valence-corrected chi connectivity index (χ1v) is 6.38. The number of ether oxygens (including phenoxy) is 1. The van der Waals surface area contributed by atoms with Crippen molar-refractivity contribution in [3.05, 3.63) is 45.5 Å². The zero-order valence-electron chi connectivity index (χ0n) is 11.4. The van der Waals surface area contributed by atoms with Crippen LogP contribution in [-0.2, 0) is 10.3 Å². The molecule has 2 aromatic rings. The number of nitrogens with one attached hydrogen (secondary N) is 1. The summed E-state index contributed by atoms with van der Waals surface area (Å²) in [6, 6.07) is 6.66. The molecule has 0 atom stereocenters. The summed E-state index contributed by atoms with van der Waals surface area (Å²) in [4.78, 5) is 18.8. The van der Waals surface area contributed by atoms with Gasteiger partial charge in [-0.3, -0.25) is 4.79 Å². The summed E-state index contributed by atoms with van der Waals surface area (Å²) in [6.07, 6.45) is 0. The maximum atomic E-state index is 12.2. The Morgan fingerprint density at radius 3 is 2.65 bits per heavy atom. The van der Waals surface area contributed by atoms with Gasteiger partial charge in [0.05, 0.1) is 0 Å². The van der Waals surface area contributed by atoms with Crippen LogP contribution in [0.15, 0.2) is 29.1 Å². The van der Waals surface area contributed by atoms with Gasteiger partial charge in [-0.2, -0.15) is 4.98 Å². The number of methoxy groups -OCH3 is 1. The second-order valence-electron chi connectivity index (χ2n) is 4.84. The molecule has 20 heavy (non-hydrogen) atoms. The van der Waals surface area contributed by atoms with Crippen molar-refractivity contribution in [2.75, 3.05) is 7.11 Å². The Kier molecular flexibility index (Phi) is 3.83. The molecule has 0 aliphatic carbocycles. The SMILES string of the molecule is COC(C)(C)c1nc(O)c(-c2cccc(Cl)c2)c(=O)[nH]1. The molecular formula is C14H15ClN2O3. The van der Waals surface area contributed by atoms with Crippen LogP contribution in [0.5, 0.6) is 5.88 Å². The molecule has 106 valence electrons. The van der Waals surface area contributed by atoms with Gasteiger partial charge in [0, 0.05) is 12.1 Å². The molecule has 0 saturated heterocycles. The zero-order chi connectivity index (χ0) is 14.9. The molecule has 0 bridgehead atoms. The van der Waals surface area contributed by atoms with Crippen LogP contribution >= 0.6 is 11.6 Å². The molecule has 0 fully saturated rings. The van der Waals surface area contributed by atoms with E-state index in [0.29, 0.717) is 10.6 Å². The molecule has 0 aliphatic rings. The molecule has 2 N–H and O–H groups in total. The lowest BCUT2D eigenvalue weighted by molar-refractivity contribution is 0.0108. The highest BCUT2D eigenvalue weighted by Crippen LogP contribution is 2.28. The van der Waals surface area contributed by atoms with Gasteiger partial charge in [0.15, 0.2) is 0 Å². The highest BCUT2D eigenvalue weighted by atomic mass is 35.5. The molecule has 0 aliphatic heterocycles. The molecule has 0 amide bonds. The summed E-state index contributed by atoms with van der Waals surface area (Å²) < 4.78 is 5.23. The van der Waals surface area contributed by atoms with Gasteiger partial charge in [-0.25, -0.2) is 0 Å². The largest absolute Gasteiger partial charge is 0.493 e. The number of aromatic hydroxyl groups is 1. The van der Waals surface area contributed by atoms with Crippen LogP contribution in [0.25, 0.3) is 11.1 Å². The second-order valence-corrected chi connectivity index (χ2v) is 5.27. The van der Waals surface area contributed by atoms with Gasteiger partial charge in [0.2, 0.25) is 5.88 Å². The lowest BCUT2D eigenvalue weighted by Gasteiger charge is -2.21. The third-order valence-electron chi connectivity index (χ3n) is 3.09. The van der Waals surface area contributed by atoms with Crippen molar-refractivity contribution < 1.29 is 9.84 Å². The first-order valence-electron chi connectivity index (χ1n) is 6.00. The maximum Gasteiger partial charge on any atom is 0.262 e. The Balaban J connectivity index is 2.61.